The number of nitrogens with one attached hydrogen (secondary N) is 3. The summed E-state index contributed by atoms with van der Waals surface area (Å²) in [4.78, 5) is 8.14. The predicted molar refractivity (Wildman–Crippen MR) is 135 cm³/mol. The van der Waals surface area contributed by atoms with E-state index in [1.165, 1.54) is 22.0 Å². The molecule has 168 valence electrons. The SMILES string of the molecule is CCNC(=NCCCOC1CCOCC1)NCCc1c[nH]c2c(CC)cccc12.I. The summed E-state index contributed by atoms with van der Waals surface area (Å²) < 4.78 is 11.3. The molecule has 1 fully saturated rings. The smallest absolute Gasteiger partial charge is 0.191 e. The summed E-state index contributed by atoms with van der Waals surface area (Å²) in [6.45, 7) is 9.20. The van der Waals surface area contributed by atoms with Crippen molar-refractivity contribution in [3.05, 3.63) is 35.5 Å². The lowest BCUT2D eigenvalue weighted by Crippen LogP contribution is -2.38. The van der Waals surface area contributed by atoms with Gasteiger partial charge in [-0.2, -0.15) is 0 Å². The second kappa shape index (κ2) is 13.9. The molecule has 0 aliphatic carbocycles. The Morgan fingerprint density at radius 1 is 1.20 bits per heavy atom. The van der Waals surface area contributed by atoms with Crippen LogP contribution in [-0.4, -0.2) is 56.5 Å². The standard InChI is InChI=1S/C23H36N4O2.HI/c1-3-18-7-5-8-21-19(17-27-22(18)21)9-13-26-23(24-4-2)25-12-6-14-29-20-10-15-28-16-11-20;/h5,7-8,17,20,27H,3-4,6,9-16H2,1-2H3,(H2,24,25,26);1H. The van der Waals surface area contributed by atoms with Crippen molar-refractivity contribution < 1.29 is 9.47 Å². The molecular weight excluding hydrogens is 491 g/mol. The van der Waals surface area contributed by atoms with E-state index in [-0.39, 0.29) is 24.0 Å². The molecule has 7 heteroatoms. The molecule has 1 saturated heterocycles. The van der Waals surface area contributed by atoms with E-state index >= 15 is 0 Å². The molecule has 0 spiro atoms. The van der Waals surface area contributed by atoms with Crippen LogP contribution in [0.25, 0.3) is 10.9 Å². The number of rotatable bonds is 10. The fourth-order valence-electron chi connectivity index (χ4n) is 3.78. The minimum atomic E-state index is 0. The first-order valence-electron chi connectivity index (χ1n) is 11.1. The van der Waals surface area contributed by atoms with Gasteiger partial charge in [0.2, 0.25) is 0 Å². The molecule has 1 aliphatic heterocycles. The zero-order valence-corrected chi connectivity index (χ0v) is 20.7. The first-order chi connectivity index (χ1) is 14.3. The number of H-pyrrole nitrogens is 1. The van der Waals surface area contributed by atoms with Crippen molar-refractivity contribution in [1.82, 2.24) is 15.6 Å². The van der Waals surface area contributed by atoms with E-state index < -0.39 is 0 Å². The third-order valence-corrected chi connectivity index (χ3v) is 5.39. The van der Waals surface area contributed by atoms with Gasteiger partial charge in [-0.1, -0.05) is 25.1 Å². The molecule has 2 heterocycles. The van der Waals surface area contributed by atoms with Crippen LogP contribution in [-0.2, 0) is 22.3 Å². The minimum Gasteiger partial charge on any atom is -0.381 e. The van der Waals surface area contributed by atoms with Gasteiger partial charge in [-0.3, -0.25) is 4.99 Å². The molecule has 2 aromatic rings. The molecule has 0 saturated carbocycles. The zero-order valence-electron chi connectivity index (χ0n) is 18.3. The van der Waals surface area contributed by atoms with E-state index in [0.717, 1.165) is 77.5 Å². The van der Waals surface area contributed by atoms with E-state index in [1.54, 1.807) is 0 Å². The van der Waals surface area contributed by atoms with Gasteiger partial charge in [-0.15, -0.1) is 24.0 Å². The molecule has 6 nitrogen and oxygen atoms in total. The van der Waals surface area contributed by atoms with Crippen LogP contribution in [0.5, 0.6) is 0 Å². The predicted octanol–water partition coefficient (Wildman–Crippen LogP) is 4.03. The maximum absolute atomic E-state index is 5.92. The molecule has 1 aromatic heterocycles. The summed E-state index contributed by atoms with van der Waals surface area (Å²) in [5, 5.41) is 8.12. The van der Waals surface area contributed by atoms with Crippen LogP contribution in [0.15, 0.2) is 29.4 Å². The van der Waals surface area contributed by atoms with Gasteiger partial charge in [0.15, 0.2) is 5.96 Å². The molecule has 0 atom stereocenters. The quantitative estimate of drug-likeness (QED) is 0.189. The van der Waals surface area contributed by atoms with Gasteiger partial charge in [-0.25, -0.2) is 0 Å². The van der Waals surface area contributed by atoms with E-state index in [2.05, 4.69) is 58.9 Å². The number of aromatic nitrogens is 1. The molecule has 0 unspecified atom stereocenters. The van der Waals surface area contributed by atoms with Crippen LogP contribution in [0.1, 0.15) is 44.2 Å². The minimum absolute atomic E-state index is 0. The third-order valence-electron chi connectivity index (χ3n) is 5.39. The van der Waals surface area contributed by atoms with Crippen molar-refractivity contribution in [3.8, 4) is 0 Å². The molecular formula is C23H37IN4O2. The summed E-state index contributed by atoms with van der Waals surface area (Å²) in [6, 6.07) is 6.56. The van der Waals surface area contributed by atoms with Crippen molar-refractivity contribution in [2.75, 3.05) is 39.5 Å². The maximum Gasteiger partial charge on any atom is 0.191 e. The maximum atomic E-state index is 5.92. The van der Waals surface area contributed by atoms with Crippen molar-refractivity contribution in [2.45, 2.75) is 52.1 Å². The highest BCUT2D eigenvalue weighted by atomic mass is 127. The van der Waals surface area contributed by atoms with Crippen LogP contribution < -0.4 is 10.6 Å². The van der Waals surface area contributed by atoms with Crippen LogP contribution in [0, 0.1) is 0 Å². The summed E-state index contributed by atoms with van der Waals surface area (Å²) in [6.07, 6.45) is 7.49. The Morgan fingerprint density at radius 3 is 2.80 bits per heavy atom. The van der Waals surface area contributed by atoms with Crippen LogP contribution >= 0.6 is 24.0 Å². The van der Waals surface area contributed by atoms with Crippen molar-refractivity contribution >= 4 is 40.8 Å². The normalized spacial score (nSPS) is 15.2. The fraction of sp³-hybridized carbons (Fsp3) is 0.609. The van der Waals surface area contributed by atoms with E-state index in [4.69, 9.17) is 9.47 Å². The van der Waals surface area contributed by atoms with E-state index in [9.17, 15) is 0 Å². The molecule has 1 aromatic carbocycles. The van der Waals surface area contributed by atoms with E-state index in [1.807, 2.05) is 0 Å². The highest BCUT2D eigenvalue weighted by Crippen LogP contribution is 2.22. The van der Waals surface area contributed by atoms with Crippen LogP contribution in [0.4, 0.5) is 0 Å². The summed E-state index contributed by atoms with van der Waals surface area (Å²) in [5.41, 5.74) is 4.00. The molecule has 0 bridgehead atoms. The van der Waals surface area contributed by atoms with Crippen molar-refractivity contribution in [2.24, 2.45) is 4.99 Å². The number of ether oxygens (including phenoxy) is 2. The van der Waals surface area contributed by atoms with Crippen LogP contribution in [0.3, 0.4) is 0 Å². The number of nitrogens with zero attached hydrogens (tertiary/aromatic N) is 1. The van der Waals surface area contributed by atoms with Crippen molar-refractivity contribution in [3.63, 3.8) is 0 Å². The molecule has 30 heavy (non-hydrogen) atoms. The van der Waals surface area contributed by atoms with Crippen LogP contribution in [0.2, 0.25) is 0 Å². The average molecular weight is 528 g/mol. The number of guanidine groups is 1. The number of fused-ring (bicyclic) bond motifs is 1. The molecule has 0 radical (unpaired) electrons. The van der Waals surface area contributed by atoms with Gasteiger partial charge in [0, 0.05) is 56.6 Å². The molecule has 3 N–H and O–H groups in total. The van der Waals surface area contributed by atoms with Gasteiger partial charge in [0.25, 0.3) is 0 Å². The number of aryl methyl sites for hydroxylation is 1. The fourth-order valence-corrected chi connectivity index (χ4v) is 3.78. The zero-order chi connectivity index (χ0) is 20.3. The van der Waals surface area contributed by atoms with Gasteiger partial charge in [0.1, 0.15) is 0 Å². The Kier molecular flexibility index (Phi) is 11.5. The largest absolute Gasteiger partial charge is 0.381 e. The summed E-state index contributed by atoms with van der Waals surface area (Å²) in [5.74, 6) is 0.882. The monoisotopic (exact) mass is 528 g/mol. The van der Waals surface area contributed by atoms with Gasteiger partial charge in [-0.05, 0) is 50.2 Å². The topological polar surface area (TPSA) is 70.7 Å². The highest BCUT2D eigenvalue weighted by Gasteiger charge is 2.13. The van der Waals surface area contributed by atoms with Gasteiger partial charge < -0.3 is 25.1 Å². The Morgan fingerprint density at radius 2 is 2.03 bits per heavy atom. The second-order valence-corrected chi connectivity index (χ2v) is 7.48. The van der Waals surface area contributed by atoms with Gasteiger partial charge >= 0.3 is 0 Å². The number of halogens is 1. The first-order valence-corrected chi connectivity index (χ1v) is 11.1. The number of benzene rings is 1. The van der Waals surface area contributed by atoms with E-state index in [0.29, 0.717) is 6.10 Å². The Bertz CT molecular complexity index is 772. The third kappa shape index (κ3) is 7.42. The number of hydrogen-bond acceptors (Lipinski definition) is 3. The summed E-state index contributed by atoms with van der Waals surface area (Å²) in [7, 11) is 0. The Hall–Kier alpha value is -1.32. The lowest BCUT2D eigenvalue weighted by atomic mass is 10.1. The lowest BCUT2D eigenvalue weighted by Gasteiger charge is -2.22. The number of hydrogen-bond donors (Lipinski definition) is 3. The average Bonchev–Trinajstić information content (AvgIpc) is 3.17. The van der Waals surface area contributed by atoms with Gasteiger partial charge in [0.05, 0.1) is 6.10 Å². The molecule has 0 amide bonds. The highest BCUT2D eigenvalue weighted by molar-refractivity contribution is 14.0. The molecule has 3 rings (SSSR count). The number of aromatic amines is 1. The second-order valence-electron chi connectivity index (χ2n) is 7.48. The number of para-hydroxylation sites is 1. The Balaban J connectivity index is 0.00000320. The Labute approximate surface area is 197 Å². The summed E-state index contributed by atoms with van der Waals surface area (Å²) >= 11 is 0. The first kappa shape index (κ1) is 24.9. The lowest BCUT2D eigenvalue weighted by molar-refractivity contribution is -0.0318. The number of aliphatic imine (C=N–C) groups is 1. The molecule has 1 aliphatic rings. The van der Waals surface area contributed by atoms with Crippen molar-refractivity contribution in [1.29, 1.82) is 0 Å².